The third-order valence-electron chi connectivity index (χ3n) is 4.80. The smallest absolute Gasteiger partial charge is 0.170 e. The van der Waals surface area contributed by atoms with Crippen LogP contribution in [0.15, 0.2) is 77.3 Å². The molecule has 0 aliphatic carbocycles. The van der Waals surface area contributed by atoms with Crippen molar-refractivity contribution >= 4 is 11.0 Å². The van der Waals surface area contributed by atoms with Crippen LogP contribution >= 0.6 is 0 Å². The fourth-order valence-corrected chi connectivity index (χ4v) is 3.42. The van der Waals surface area contributed by atoms with Crippen molar-refractivity contribution in [2.75, 3.05) is 20.2 Å². The van der Waals surface area contributed by atoms with Crippen molar-refractivity contribution in [1.29, 1.82) is 0 Å². The van der Waals surface area contributed by atoms with Gasteiger partial charge in [-0.25, -0.2) is 4.39 Å². The summed E-state index contributed by atoms with van der Waals surface area (Å²) < 4.78 is 24.4. The molecule has 0 saturated carbocycles. The molecule has 0 saturated heterocycles. The van der Waals surface area contributed by atoms with E-state index in [4.69, 9.17) is 9.26 Å². The summed E-state index contributed by atoms with van der Waals surface area (Å²) >= 11 is 0. The summed E-state index contributed by atoms with van der Waals surface area (Å²) in [6.07, 6.45) is -0.627. The molecule has 1 N–H and O–H groups in total. The van der Waals surface area contributed by atoms with E-state index in [1.165, 1.54) is 17.7 Å². The van der Waals surface area contributed by atoms with Gasteiger partial charge in [-0.15, -0.1) is 0 Å². The molecule has 6 heteroatoms. The summed E-state index contributed by atoms with van der Waals surface area (Å²) in [4.78, 5) is 2.06. The molecule has 0 aliphatic heterocycles. The highest BCUT2D eigenvalue weighted by Gasteiger charge is 2.13. The average Bonchev–Trinajstić information content (AvgIpc) is 3.16. The zero-order valence-corrected chi connectivity index (χ0v) is 16.7. The van der Waals surface area contributed by atoms with Gasteiger partial charge in [0, 0.05) is 30.1 Å². The summed E-state index contributed by atoms with van der Waals surface area (Å²) in [5.41, 5.74) is 3.01. The predicted octanol–water partition coefficient (Wildman–Crippen LogP) is 4.51. The Hall–Kier alpha value is -3.22. The normalized spacial score (nSPS) is 12.4. The van der Waals surface area contributed by atoms with Gasteiger partial charge in [-0.05, 0) is 36.9 Å². The second-order valence-electron chi connectivity index (χ2n) is 7.35. The highest BCUT2D eigenvalue weighted by atomic mass is 19.1. The fourth-order valence-electron chi connectivity index (χ4n) is 3.42. The maximum absolute atomic E-state index is 13.4. The molecule has 30 heavy (non-hydrogen) atoms. The fraction of sp³-hybridized carbons (Fsp3) is 0.208. The van der Waals surface area contributed by atoms with E-state index in [2.05, 4.69) is 22.2 Å². The molecule has 1 atom stereocenters. The van der Waals surface area contributed by atoms with Crippen LogP contribution < -0.4 is 4.74 Å². The van der Waals surface area contributed by atoms with E-state index >= 15 is 0 Å². The van der Waals surface area contributed by atoms with Gasteiger partial charge in [0.05, 0.1) is 0 Å². The first kappa shape index (κ1) is 20.1. The Morgan fingerprint density at radius 3 is 2.73 bits per heavy atom. The van der Waals surface area contributed by atoms with Gasteiger partial charge < -0.3 is 14.4 Å². The van der Waals surface area contributed by atoms with E-state index in [1.54, 1.807) is 6.07 Å². The minimum atomic E-state index is -0.627. The molecule has 1 heterocycles. The van der Waals surface area contributed by atoms with Gasteiger partial charge in [-0.2, -0.15) is 0 Å². The number of halogens is 1. The number of aromatic nitrogens is 1. The number of nitrogens with zero attached hydrogens (tertiary/aromatic N) is 2. The van der Waals surface area contributed by atoms with Crippen molar-refractivity contribution in [3.05, 3.63) is 84.2 Å². The molecule has 1 aromatic heterocycles. The lowest BCUT2D eigenvalue weighted by Crippen LogP contribution is -2.32. The molecule has 4 rings (SSSR count). The average molecular weight is 406 g/mol. The van der Waals surface area contributed by atoms with Crippen molar-refractivity contribution in [3.63, 3.8) is 0 Å². The molecule has 0 aliphatic rings. The SMILES string of the molecule is CN(Cc1ccccc1)C[C@H](O)COc1cccc(-c2noc3cc(F)ccc23)c1. The molecule has 0 fully saturated rings. The van der Waals surface area contributed by atoms with Crippen molar-refractivity contribution in [1.82, 2.24) is 10.1 Å². The Morgan fingerprint density at radius 1 is 1.07 bits per heavy atom. The number of likely N-dealkylation sites (N-methyl/N-ethyl adjacent to an activating group) is 1. The summed E-state index contributed by atoms with van der Waals surface area (Å²) in [5.74, 6) is 0.254. The van der Waals surface area contributed by atoms with Crippen LogP contribution in [0.2, 0.25) is 0 Å². The van der Waals surface area contributed by atoms with Crippen LogP contribution in [0.1, 0.15) is 5.56 Å². The van der Waals surface area contributed by atoms with Gasteiger partial charge in [0.1, 0.15) is 30.0 Å². The standard InChI is InChI=1S/C24H23FN2O3/c1-27(14-17-6-3-2-4-7-17)15-20(28)16-29-21-9-5-8-18(12-21)24-22-11-10-19(25)13-23(22)30-26-24/h2-13,20,28H,14-16H2,1H3/t20-/m0/s1. The lowest BCUT2D eigenvalue weighted by atomic mass is 10.1. The molecule has 4 aromatic rings. The molecule has 0 amide bonds. The lowest BCUT2D eigenvalue weighted by molar-refractivity contribution is 0.0744. The second kappa shape index (κ2) is 9.07. The van der Waals surface area contributed by atoms with E-state index < -0.39 is 6.10 Å². The molecule has 3 aromatic carbocycles. The summed E-state index contributed by atoms with van der Waals surface area (Å²) in [6, 6.07) is 21.9. The van der Waals surface area contributed by atoms with Gasteiger partial charge in [-0.3, -0.25) is 4.90 Å². The van der Waals surface area contributed by atoms with Crippen LogP contribution in [0.4, 0.5) is 4.39 Å². The molecule has 5 nitrogen and oxygen atoms in total. The van der Waals surface area contributed by atoms with Crippen LogP contribution in [0.5, 0.6) is 5.75 Å². The maximum atomic E-state index is 13.4. The number of hydrogen-bond acceptors (Lipinski definition) is 5. The van der Waals surface area contributed by atoms with Crippen molar-refractivity contribution < 1.29 is 18.8 Å². The zero-order chi connectivity index (χ0) is 20.9. The molecule has 0 unspecified atom stereocenters. The Morgan fingerprint density at radius 2 is 1.90 bits per heavy atom. The number of fused-ring (bicyclic) bond motifs is 1. The van der Waals surface area contributed by atoms with E-state index in [9.17, 15) is 9.50 Å². The van der Waals surface area contributed by atoms with Crippen molar-refractivity contribution in [3.8, 4) is 17.0 Å². The monoisotopic (exact) mass is 406 g/mol. The maximum Gasteiger partial charge on any atom is 0.170 e. The molecular formula is C24H23FN2O3. The van der Waals surface area contributed by atoms with E-state index in [0.29, 0.717) is 23.6 Å². The first-order valence-corrected chi connectivity index (χ1v) is 9.77. The van der Waals surface area contributed by atoms with Crippen LogP contribution in [-0.2, 0) is 6.54 Å². The number of ether oxygens (including phenoxy) is 1. The van der Waals surface area contributed by atoms with Gasteiger partial charge >= 0.3 is 0 Å². The largest absolute Gasteiger partial charge is 0.491 e. The first-order valence-electron chi connectivity index (χ1n) is 9.77. The van der Waals surface area contributed by atoms with Crippen molar-refractivity contribution in [2.45, 2.75) is 12.6 Å². The molecular weight excluding hydrogens is 383 g/mol. The van der Waals surface area contributed by atoms with Gasteiger partial charge in [0.2, 0.25) is 0 Å². The molecule has 0 bridgehead atoms. The van der Waals surface area contributed by atoms with Gasteiger partial charge in [-0.1, -0.05) is 47.6 Å². The number of benzene rings is 3. The van der Waals surface area contributed by atoms with Crippen molar-refractivity contribution in [2.24, 2.45) is 0 Å². The third kappa shape index (κ3) is 4.84. The van der Waals surface area contributed by atoms with Crippen LogP contribution in [0, 0.1) is 5.82 Å². The molecule has 154 valence electrons. The predicted molar refractivity (Wildman–Crippen MR) is 114 cm³/mol. The van der Waals surface area contributed by atoms with Crippen LogP contribution in [0.25, 0.3) is 22.2 Å². The zero-order valence-electron chi connectivity index (χ0n) is 16.7. The third-order valence-corrected chi connectivity index (χ3v) is 4.80. The molecule has 0 spiro atoms. The highest BCUT2D eigenvalue weighted by molar-refractivity contribution is 5.91. The Kier molecular flexibility index (Phi) is 6.07. The number of rotatable bonds is 8. The summed E-state index contributed by atoms with van der Waals surface area (Å²) in [7, 11) is 1.97. The van der Waals surface area contributed by atoms with E-state index in [0.717, 1.165) is 17.5 Å². The highest BCUT2D eigenvalue weighted by Crippen LogP contribution is 2.30. The lowest BCUT2D eigenvalue weighted by Gasteiger charge is -2.21. The number of hydrogen-bond donors (Lipinski definition) is 1. The Labute approximate surface area is 174 Å². The van der Waals surface area contributed by atoms with Gasteiger partial charge in [0.25, 0.3) is 0 Å². The minimum absolute atomic E-state index is 0.174. The number of aliphatic hydroxyl groups excluding tert-OH is 1. The van der Waals surface area contributed by atoms with E-state index in [1.807, 2.05) is 49.5 Å². The Balaban J connectivity index is 1.37. The number of aliphatic hydroxyl groups is 1. The first-order chi connectivity index (χ1) is 14.6. The van der Waals surface area contributed by atoms with E-state index in [-0.39, 0.29) is 12.4 Å². The molecule has 0 radical (unpaired) electrons. The van der Waals surface area contributed by atoms with Crippen LogP contribution in [-0.4, -0.2) is 41.5 Å². The van der Waals surface area contributed by atoms with Crippen LogP contribution in [0.3, 0.4) is 0 Å². The Bertz CT molecular complexity index is 1110. The quantitative estimate of drug-likeness (QED) is 0.467. The summed E-state index contributed by atoms with van der Waals surface area (Å²) in [6.45, 7) is 1.43. The minimum Gasteiger partial charge on any atom is -0.491 e. The van der Waals surface area contributed by atoms with Gasteiger partial charge in [0.15, 0.2) is 5.58 Å². The topological polar surface area (TPSA) is 58.7 Å². The second-order valence-corrected chi connectivity index (χ2v) is 7.35. The summed E-state index contributed by atoms with van der Waals surface area (Å²) in [5, 5.41) is 15.2.